The van der Waals surface area contributed by atoms with Gasteiger partial charge in [0.2, 0.25) is 0 Å². The summed E-state index contributed by atoms with van der Waals surface area (Å²) in [5.41, 5.74) is 4.69. The molecule has 1 atom stereocenters. The summed E-state index contributed by atoms with van der Waals surface area (Å²) in [4.78, 5) is 24.8. The van der Waals surface area contributed by atoms with Crippen molar-refractivity contribution in [1.29, 1.82) is 0 Å². The largest absolute Gasteiger partial charge is 0.481 e. The van der Waals surface area contributed by atoms with Gasteiger partial charge in [-0.25, -0.2) is 4.79 Å². The predicted octanol–water partition coefficient (Wildman–Crippen LogP) is 6.49. The average molecular weight is 448 g/mol. The fourth-order valence-electron chi connectivity index (χ4n) is 5.67. The second-order valence-electron chi connectivity index (χ2n) is 9.59. The smallest absolute Gasteiger partial charge is 0.337 e. The molecule has 33 heavy (non-hydrogen) atoms. The van der Waals surface area contributed by atoms with Gasteiger partial charge in [-0.15, -0.1) is 0 Å². The number of aromatic nitrogens is 1. The lowest BCUT2D eigenvalue weighted by molar-refractivity contribution is -0.148. The molecule has 2 heterocycles. The normalized spacial score (nSPS) is 21.8. The fraction of sp³-hybridized carbons (Fsp3) is 0.429. The van der Waals surface area contributed by atoms with E-state index in [1.54, 1.807) is 0 Å². The van der Waals surface area contributed by atoms with Crippen LogP contribution in [0.5, 0.6) is 0 Å². The minimum atomic E-state index is -0.995. The van der Waals surface area contributed by atoms with Crippen LogP contribution >= 0.6 is 0 Å². The SMILES string of the molecule is C=CC1=C(/C=C\C)CC(C)(C(=O)O)Cn2c1c(C1CCCCC1)c1ccc(C(=O)OC)cc12. The Morgan fingerprint density at radius 1 is 1.24 bits per heavy atom. The van der Waals surface area contributed by atoms with Crippen molar-refractivity contribution >= 4 is 28.4 Å². The number of carbonyl (C=O) groups is 2. The minimum absolute atomic E-state index is 0.323. The second-order valence-corrected chi connectivity index (χ2v) is 9.59. The molecular weight excluding hydrogens is 414 g/mol. The lowest BCUT2D eigenvalue weighted by atomic mass is 9.80. The number of methoxy groups -OCH3 is 1. The van der Waals surface area contributed by atoms with Crippen LogP contribution < -0.4 is 0 Å². The fourth-order valence-corrected chi connectivity index (χ4v) is 5.67. The Labute approximate surface area is 195 Å². The number of fused-ring (bicyclic) bond motifs is 3. The van der Waals surface area contributed by atoms with Crippen LogP contribution in [0.15, 0.2) is 48.6 Å². The van der Waals surface area contributed by atoms with Gasteiger partial charge in [0.1, 0.15) is 0 Å². The summed E-state index contributed by atoms with van der Waals surface area (Å²) >= 11 is 0. The lowest BCUT2D eigenvalue weighted by Gasteiger charge is -2.25. The Kier molecular flexibility index (Phi) is 6.33. The molecule has 1 aliphatic heterocycles. The minimum Gasteiger partial charge on any atom is -0.481 e. The number of benzene rings is 1. The van der Waals surface area contributed by atoms with Crippen molar-refractivity contribution in [3.8, 4) is 0 Å². The number of allylic oxidation sites excluding steroid dienone is 5. The highest BCUT2D eigenvalue weighted by Crippen LogP contribution is 2.47. The van der Waals surface area contributed by atoms with Crippen molar-refractivity contribution in [2.75, 3.05) is 7.11 Å². The Balaban J connectivity index is 2.12. The Bertz CT molecular complexity index is 1180. The quantitative estimate of drug-likeness (QED) is 0.532. The maximum atomic E-state index is 12.5. The standard InChI is InChI=1S/C28H33NO4/c1-5-10-20-16-28(3,27(31)32)17-29-23-15-19(26(30)33-4)13-14-22(23)24(25(29)21(20)6-2)18-11-8-7-9-12-18/h5-6,10,13-15,18H,2,7-9,11-12,16-17H2,1,3-4H3,(H,31,32)/b10-5-. The molecule has 0 spiro atoms. The summed E-state index contributed by atoms with van der Waals surface area (Å²) in [6.45, 7) is 8.23. The number of carbonyl (C=O) groups excluding carboxylic acids is 1. The molecule has 1 unspecified atom stereocenters. The summed E-state index contributed by atoms with van der Waals surface area (Å²) in [6, 6.07) is 5.70. The third kappa shape index (κ3) is 3.94. The number of rotatable bonds is 5. The third-order valence-corrected chi connectivity index (χ3v) is 7.32. The van der Waals surface area contributed by atoms with Gasteiger partial charge in [-0.05, 0) is 62.3 Å². The molecule has 0 saturated heterocycles. The molecular formula is C28H33NO4. The monoisotopic (exact) mass is 447 g/mol. The van der Waals surface area contributed by atoms with Crippen LogP contribution in [0.4, 0.5) is 0 Å². The molecule has 1 aromatic heterocycles. The van der Waals surface area contributed by atoms with Crippen molar-refractivity contribution < 1.29 is 19.4 Å². The van der Waals surface area contributed by atoms with Crippen molar-refractivity contribution in [2.24, 2.45) is 5.41 Å². The predicted molar refractivity (Wildman–Crippen MR) is 131 cm³/mol. The van der Waals surface area contributed by atoms with Crippen LogP contribution in [0.25, 0.3) is 16.5 Å². The van der Waals surface area contributed by atoms with Crippen molar-refractivity contribution in [2.45, 2.75) is 64.8 Å². The first-order chi connectivity index (χ1) is 15.8. The van der Waals surface area contributed by atoms with Gasteiger partial charge < -0.3 is 14.4 Å². The van der Waals surface area contributed by atoms with Crippen LogP contribution in [0.2, 0.25) is 0 Å². The number of carboxylic acid groups (broad SMARTS) is 1. The number of hydrogen-bond acceptors (Lipinski definition) is 3. The highest BCUT2D eigenvalue weighted by atomic mass is 16.5. The zero-order valence-electron chi connectivity index (χ0n) is 19.8. The lowest BCUT2D eigenvalue weighted by Crippen LogP contribution is -2.32. The van der Waals surface area contributed by atoms with Crippen LogP contribution in [-0.4, -0.2) is 28.7 Å². The molecule has 1 aromatic carbocycles. The Morgan fingerprint density at radius 3 is 2.58 bits per heavy atom. The number of hydrogen-bond donors (Lipinski definition) is 1. The van der Waals surface area contributed by atoms with Crippen LogP contribution in [0.3, 0.4) is 0 Å². The van der Waals surface area contributed by atoms with Gasteiger partial charge >= 0.3 is 11.9 Å². The van der Waals surface area contributed by atoms with Crippen LogP contribution in [-0.2, 0) is 16.1 Å². The molecule has 1 fully saturated rings. The molecule has 1 saturated carbocycles. The highest BCUT2D eigenvalue weighted by Gasteiger charge is 2.40. The summed E-state index contributed by atoms with van der Waals surface area (Å²) in [5.74, 6) is -0.821. The van der Waals surface area contributed by atoms with Gasteiger partial charge in [-0.3, -0.25) is 4.79 Å². The van der Waals surface area contributed by atoms with E-state index in [1.807, 2.05) is 50.3 Å². The molecule has 174 valence electrons. The van der Waals surface area contributed by atoms with E-state index in [2.05, 4.69) is 11.1 Å². The molecule has 0 radical (unpaired) electrons. The number of nitrogens with zero attached hydrogens (tertiary/aromatic N) is 1. The summed E-state index contributed by atoms with van der Waals surface area (Å²) in [5, 5.41) is 11.3. The third-order valence-electron chi connectivity index (χ3n) is 7.32. The van der Waals surface area contributed by atoms with Gasteiger partial charge in [0.25, 0.3) is 0 Å². The van der Waals surface area contributed by atoms with Crippen molar-refractivity contribution in [3.63, 3.8) is 0 Å². The zero-order valence-corrected chi connectivity index (χ0v) is 19.8. The Morgan fingerprint density at radius 2 is 1.97 bits per heavy atom. The van der Waals surface area contributed by atoms with Gasteiger partial charge in [0, 0.05) is 23.0 Å². The van der Waals surface area contributed by atoms with E-state index in [4.69, 9.17) is 4.74 Å². The molecule has 5 heteroatoms. The topological polar surface area (TPSA) is 68.5 Å². The molecule has 0 amide bonds. The molecule has 1 aliphatic carbocycles. The summed E-state index contributed by atoms with van der Waals surface area (Å²) in [7, 11) is 1.38. The Hall–Kier alpha value is -3.08. The molecule has 2 aromatic rings. The first-order valence-electron chi connectivity index (χ1n) is 11.8. The van der Waals surface area contributed by atoms with E-state index in [1.165, 1.54) is 31.9 Å². The van der Waals surface area contributed by atoms with Gasteiger partial charge in [0.15, 0.2) is 0 Å². The number of ether oxygens (including phenoxy) is 1. The van der Waals surface area contributed by atoms with E-state index in [0.29, 0.717) is 24.4 Å². The number of aliphatic carboxylic acids is 1. The molecule has 1 N–H and O–H groups in total. The summed E-state index contributed by atoms with van der Waals surface area (Å²) < 4.78 is 7.10. The first kappa shape index (κ1) is 23.1. The maximum absolute atomic E-state index is 12.5. The van der Waals surface area contributed by atoms with E-state index in [9.17, 15) is 14.7 Å². The molecule has 5 nitrogen and oxygen atoms in total. The van der Waals surface area contributed by atoms with Crippen molar-refractivity contribution in [3.05, 3.63) is 65.4 Å². The summed E-state index contributed by atoms with van der Waals surface area (Å²) in [6.07, 6.45) is 12.2. The number of esters is 1. The van der Waals surface area contributed by atoms with Crippen molar-refractivity contribution in [1.82, 2.24) is 4.57 Å². The van der Waals surface area contributed by atoms with E-state index in [-0.39, 0.29) is 0 Å². The average Bonchev–Trinajstić information content (AvgIpc) is 3.05. The van der Waals surface area contributed by atoms with Gasteiger partial charge in [-0.1, -0.05) is 50.1 Å². The molecule has 2 aliphatic rings. The zero-order chi connectivity index (χ0) is 23.8. The highest BCUT2D eigenvalue weighted by molar-refractivity contribution is 5.99. The molecule has 4 rings (SSSR count). The number of carboxylic acids is 1. The first-order valence-corrected chi connectivity index (χ1v) is 11.8. The van der Waals surface area contributed by atoms with E-state index >= 15 is 0 Å². The van der Waals surface area contributed by atoms with Gasteiger partial charge in [-0.2, -0.15) is 0 Å². The van der Waals surface area contributed by atoms with Crippen LogP contribution in [0.1, 0.15) is 79.9 Å². The molecule has 0 bridgehead atoms. The maximum Gasteiger partial charge on any atom is 0.337 e. The second kappa shape index (κ2) is 9.05. The van der Waals surface area contributed by atoms with E-state index < -0.39 is 17.4 Å². The van der Waals surface area contributed by atoms with E-state index in [0.717, 1.165) is 40.6 Å². The van der Waals surface area contributed by atoms with Gasteiger partial charge in [0.05, 0.1) is 23.8 Å². The van der Waals surface area contributed by atoms with Crippen LogP contribution in [0, 0.1) is 5.41 Å².